The molecule has 0 saturated heterocycles. The number of carbonyl (C=O) groups excluding carboxylic acids is 1. The first-order chi connectivity index (χ1) is 18.3. The summed E-state index contributed by atoms with van der Waals surface area (Å²) >= 11 is 6.25. The van der Waals surface area contributed by atoms with Crippen LogP contribution in [-0.4, -0.2) is 48.7 Å². The molecule has 2 N–H and O–H groups in total. The van der Waals surface area contributed by atoms with Crippen molar-refractivity contribution < 1.29 is 24.2 Å². The Morgan fingerprint density at radius 2 is 1.89 bits per heavy atom. The smallest absolute Gasteiger partial charge is 0.335 e. The van der Waals surface area contributed by atoms with Gasteiger partial charge in [0, 0.05) is 35.4 Å². The van der Waals surface area contributed by atoms with Crippen LogP contribution in [0.15, 0.2) is 59.5 Å². The number of pyridine rings is 1. The predicted octanol–water partition coefficient (Wildman–Crippen LogP) is 4.39. The van der Waals surface area contributed by atoms with Crippen LogP contribution in [-0.2, 0) is 9.53 Å². The lowest BCUT2D eigenvalue weighted by atomic mass is 9.70. The van der Waals surface area contributed by atoms with E-state index >= 15 is 0 Å². The van der Waals surface area contributed by atoms with Crippen LogP contribution in [0.25, 0.3) is 11.1 Å². The number of amides is 1. The molecule has 1 radical (unpaired) electrons. The van der Waals surface area contributed by atoms with Gasteiger partial charge in [-0.1, -0.05) is 30.0 Å². The molecule has 1 aliphatic rings. The first-order valence-electron chi connectivity index (χ1n) is 12.5. The van der Waals surface area contributed by atoms with Gasteiger partial charge in [0.2, 0.25) is 5.91 Å². The summed E-state index contributed by atoms with van der Waals surface area (Å²) in [6.07, 6.45) is 5.10. The summed E-state index contributed by atoms with van der Waals surface area (Å²) in [7, 11) is 3.42. The highest BCUT2D eigenvalue weighted by molar-refractivity contribution is 6.54. The van der Waals surface area contributed by atoms with Crippen molar-refractivity contribution in [1.82, 2.24) is 4.57 Å². The Hall–Kier alpha value is -3.56. The summed E-state index contributed by atoms with van der Waals surface area (Å²) in [6.45, 7) is 2.20. The first-order valence-corrected chi connectivity index (χ1v) is 12.8. The number of benzene rings is 2. The number of ether oxygens (including phenoxy) is 2. The van der Waals surface area contributed by atoms with Crippen molar-refractivity contribution in [1.29, 1.82) is 0 Å². The third-order valence-electron chi connectivity index (χ3n) is 6.72. The van der Waals surface area contributed by atoms with Crippen LogP contribution in [0.5, 0.6) is 5.75 Å². The molecule has 1 saturated carbocycles. The monoisotopic (exact) mass is 535 g/mol. The number of anilines is 1. The molecule has 4 rings (SSSR count). The zero-order valence-corrected chi connectivity index (χ0v) is 22.0. The number of carboxylic acids is 1. The third-order valence-corrected chi connectivity index (χ3v) is 6.95. The zero-order valence-electron chi connectivity index (χ0n) is 21.3. The maximum Gasteiger partial charge on any atom is 0.335 e. The molecule has 0 aliphatic heterocycles. The van der Waals surface area contributed by atoms with E-state index in [2.05, 4.69) is 5.32 Å². The minimum absolute atomic E-state index is 0.106. The summed E-state index contributed by atoms with van der Waals surface area (Å²) < 4.78 is 12.9. The second kappa shape index (κ2) is 12.3. The summed E-state index contributed by atoms with van der Waals surface area (Å²) in [4.78, 5) is 38.0. The molecule has 1 fully saturated rings. The van der Waals surface area contributed by atoms with Crippen LogP contribution < -0.4 is 21.1 Å². The van der Waals surface area contributed by atoms with E-state index in [4.69, 9.17) is 26.2 Å². The standard InChI is InChI=1S/C28H29BClN2O6/c1-29-23-11-8-18(30)14-21(23)22-15-26(33)32(16-25(22)37-2)24(12-13-38-20-4-3-5-20)27(34)31-19-9-6-17(7-10-19)28(35)36/h6-11,14-16,20,24H,3-5,12-13H2,1-2H3,(H,31,34)(H,35,36)/t24-/m0/s1. The number of hydrogen-bond donors (Lipinski definition) is 2. The highest BCUT2D eigenvalue weighted by Gasteiger charge is 2.26. The molecule has 197 valence electrons. The van der Waals surface area contributed by atoms with Crippen molar-refractivity contribution in [2.75, 3.05) is 19.0 Å². The highest BCUT2D eigenvalue weighted by Crippen LogP contribution is 2.30. The minimum Gasteiger partial charge on any atom is -0.495 e. The van der Waals surface area contributed by atoms with Gasteiger partial charge >= 0.3 is 5.97 Å². The van der Waals surface area contributed by atoms with Crippen molar-refractivity contribution in [3.63, 3.8) is 0 Å². The summed E-state index contributed by atoms with van der Waals surface area (Å²) in [5, 5.41) is 12.5. The summed E-state index contributed by atoms with van der Waals surface area (Å²) in [6, 6.07) is 11.8. The van der Waals surface area contributed by atoms with Crippen LogP contribution in [0.3, 0.4) is 0 Å². The Kier molecular flexibility index (Phi) is 8.91. The van der Waals surface area contributed by atoms with Gasteiger partial charge < -0.3 is 19.9 Å². The normalized spacial score (nSPS) is 13.9. The molecule has 1 heterocycles. The molecule has 10 heteroatoms. The van der Waals surface area contributed by atoms with Crippen LogP contribution in [0.4, 0.5) is 5.69 Å². The first kappa shape index (κ1) is 27.5. The number of aromatic nitrogens is 1. The molecule has 3 aromatic rings. The molecular weight excluding hydrogens is 507 g/mol. The van der Waals surface area contributed by atoms with Gasteiger partial charge in [-0.25, -0.2) is 4.79 Å². The van der Waals surface area contributed by atoms with Gasteiger partial charge in [0.1, 0.15) is 19.1 Å². The van der Waals surface area contributed by atoms with E-state index in [1.807, 2.05) is 20.2 Å². The number of carbonyl (C=O) groups is 2. The van der Waals surface area contributed by atoms with E-state index in [1.54, 1.807) is 18.3 Å². The van der Waals surface area contributed by atoms with E-state index < -0.39 is 17.9 Å². The van der Waals surface area contributed by atoms with Gasteiger partial charge in [-0.05, 0) is 61.2 Å². The van der Waals surface area contributed by atoms with Gasteiger partial charge in [0.25, 0.3) is 5.56 Å². The molecule has 38 heavy (non-hydrogen) atoms. The molecular formula is C28H29BClN2O6. The lowest BCUT2D eigenvalue weighted by Gasteiger charge is -2.27. The van der Waals surface area contributed by atoms with E-state index in [0.29, 0.717) is 28.6 Å². The number of nitrogens with one attached hydrogen (secondary N) is 1. The Bertz CT molecular complexity index is 1370. The van der Waals surface area contributed by atoms with Crippen LogP contribution in [0.2, 0.25) is 11.8 Å². The molecule has 1 aromatic heterocycles. The third kappa shape index (κ3) is 6.29. The summed E-state index contributed by atoms with van der Waals surface area (Å²) in [5.41, 5.74) is 2.34. The highest BCUT2D eigenvalue weighted by atomic mass is 35.5. The van der Waals surface area contributed by atoms with E-state index in [9.17, 15) is 14.4 Å². The number of nitrogens with zero attached hydrogens (tertiary/aromatic N) is 1. The lowest BCUT2D eigenvalue weighted by molar-refractivity contribution is -0.120. The Morgan fingerprint density at radius 3 is 2.50 bits per heavy atom. The zero-order chi connectivity index (χ0) is 27.2. The van der Waals surface area contributed by atoms with E-state index in [1.165, 1.54) is 42.0 Å². The van der Waals surface area contributed by atoms with Crippen molar-refractivity contribution in [2.24, 2.45) is 0 Å². The maximum absolute atomic E-state index is 13.4. The maximum atomic E-state index is 13.4. The second-order valence-electron chi connectivity index (χ2n) is 9.12. The quantitative estimate of drug-likeness (QED) is 0.353. The SMILES string of the molecule is C[B]c1ccc(Cl)cc1-c1cc(=O)n([C@@H](CCOC2CCC2)C(=O)Nc2ccc(C(=O)O)cc2)cc1OC. The average Bonchev–Trinajstić information content (AvgIpc) is 2.88. The lowest BCUT2D eigenvalue weighted by Crippen LogP contribution is -2.34. The average molecular weight is 536 g/mol. The van der Waals surface area contributed by atoms with Crippen molar-refractivity contribution in [2.45, 2.75) is 44.7 Å². The van der Waals surface area contributed by atoms with Crippen molar-refractivity contribution >= 4 is 41.9 Å². The van der Waals surface area contributed by atoms with Crippen molar-refractivity contribution in [3.8, 4) is 16.9 Å². The topological polar surface area (TPSA) is 107 Å². The fraction of sp³-hybridized carbons (Fsp3) is 0.321. The van der Waals surface area contributed by atoms with Crippen LogP contribution in [0.1, 0.15) is 42.1 Å². The fourth-order valence-electron chi connectivity index (χ4n) is 4.36. The molecule has 8 nitrogen and oxygen atoms in total. The summed E-state index contributed by atoms with van der Waals surface area (Å²) in [5.74, 6) is -1.07. The fourth-order valence-corrected chi connectivity index (χ4v) is 4.53. The number of aromatic carboxylic acids is 1. The van der Waals surface area contributed by atoms with Crippen LogP contribution >= 0.6 is 11.6 Å². The van der Waals surface area contributed by atoms with E-state index in [0.717, 1.165) is 30.3 Å². The number of carboxylic acid groups (broad SMARTS) is 1. The number of rotatable bonds is 11. The Labute approximate surface area is 226 Å². The van der Waals surface area contributed by atoms with Gasteiger partial charge in [0.15, 0.2) is 0 Å². The molecule has 1 amide bonds. The van der Waals surface area contributed by atoms with Crippen LogP contribution in [0, 0.1) is 0 Å². The molecule has 0 unspecified atom stereocenters. The number of hydrogen-bond acceptors (Lipinski definition) is 5. The molecule has 1 atom stereocenters. The molecule has 0 spiro atoms. The minimum atomic E-state index is -1.06. The second-order valence-corrected chi connectivity index (χ2v) is 9.56. The van der Waals surface area contributed by atoms with Gasteiger partial charge in [0.05, 0.1) is 25.0 Å². The predicted molar refractivity (Wildman–Crippen MR) is 148 cm³/mol. The molecule has 0 bridgehead atoms. The largest absolute Gasteiger partial charge is 0.495 e. The van der Waals surface area contributed by atoms with Gasteiger partial charge in [-0.3, -0.25) is 14.2 Å². The van der Waals surface area contributed by atoms with Crippen molar-refractivity contribution in [3.05, 3.63) is 75.7 Å². The Balaban J connectivity index is 1.67. The van der Waals surface area contributed by atoms with Gasteiger partial charge in [-0.15, -0.1) is 0 Å². The molecule has 2 aromatic carbocycles. The number of halogens is 1. The molecule has 1 aliphatic carbocycles. The van der Waals surface area contributed by atoms with Gasteiger partial charge in [-0.2, -0.15) is 0 Å². The van der Waals surface area contributed by atoms with E-state index in [-0.39, 0.29) is 23.6 Å². The Morgan fingerprint density at radius 1 is 1.16 bits per heavy atom. The number of methoxy groups -OCH3 is 1.